The third-order valence-electron chi connectivity index (χ3n) is 3.85. The summed E-state index contributed by atoms with van der Waals surface area (Å²) in [6.45, 7) is 1.77. The number of nitrogens with zero attached hydrogens (tertiary/aromatic N) is 1. The van der Waals surface area contributed by atoms with E-state index in [1.165, 1.54) is 45.5 Å². The number of halogens is 1. The van der Waals surface area contributed by atoms with Crippen molar-refractivity contribution in [3.63, 3.8) is 0 Å². The summed E-state index contributed by atoms with van der Waals surface area (Å²) in [6, 6.07) is 11.5. The Morgan fingerprint density at radius 3 is 2.44 bits per heavy atom. The van der Waals surface area contributed by atoms with Crippen LogP contribution in [0.3, 0.4) is 0 Å². The van der Waals surface area contributed by atoms with Crippen molar-refractivity contribution < 1.29 is 17.9 Å². The summed E-state index contributed by atoms with van der Waals surface area (Å²) in [4.78, 5) is 12.5. The average Bonchev–Trinajstić information content (AvgIpc) is 2.61. The third kappa shape index (κ3) is 4.88. The van der Waals surface area contributed by atoms with Crippen LogP contribution < -0.4 is 10.1 Å². The van der Waals surface area contributed by atoms with Crippen LogP contribution in [-0.4, -0.2) is 39.8 Å². The Morgan fingerprint density at radius 1 is 1.19 bits per heavy atom. The number of benzene rings is 2. The third-order valence-corrected chi connectivity index (χ3v) is 5.99. The van der Waals surface area contributed by atoms with Gasteiger partial charge in [0.05, 0.1) is 17.7 Å². The van der Waals surface area contributed by atoms with Gasteiger partial charge in [-0.2, -0.15) is 0 Å². The Bertz CT molecular complexity index is 985. The van der Waals surface area contributed by atoms with Gasteiger partial charge in [0, 0.05) is 25.2 Å². The maximum absolute atomic E-state index is 12.4. The van der Waals surface area contributed by atoms with E-state index in [9.17, 15) is 13.2 Å². The highest BCUT2D eigenvalue weighted by atomic mass is 35.5. The van der Waals surface area contributed by atoms with Crippen molar-refractivity contribution in [3.8, 4) is 5.75 Å². The molecule has 0 aromatic heterocycles. The topological polar surface area (TPSA) is 75.7 Å². The first-order chi connectivity index (χ1) is 12.7. The molecule has 0 aliphatic heterocycles. The number of hydrogen-bond acceptors (Lipinski definition) is 4. The van der Waals surface area contributed by atoms with Crippen LogP contribution in [0.25, 0.3) is 5.57 Å². The number of ether oxygens (including phenoxy) is 1. The number of carbonyl (C=O) groups is 1. The minimum absolute atomic E-state index is 0.0513. The first-order valence-electron chi connectivity index (χ1n) is 8.01. The van der Waals surface area contributed by atoms with Crippen molar-refractivity contribution in [2.24, 2.45) is 0 Å². The normalized spacial score (nSPS) is 12.1. The second-order valence-electron chi connectivity index (χ2n) is 5.95. The molecule has 27 heavy (non-hydrogen) atoms. The van der Waals surface area contributed by atoms with Crippen molar-refractivity contribution in [3.05, 3.63) is 59.1 Å². The van der Waals surface area contributed by atoms with Gasteiger partial charge < -0.3 is 10.1 Å². The molecule has 0 saturated carbocycles. The second kappa shape index (κ2) is 8.56. The van der Waals surface area contributed by atoms with Gasteiger partial charge in [0.1, 0.15) is 5.75 Å². The van der Waals surface area contributed by atoms with Crippen molar-refractivity contribution >= 4 is 38.8 Å². The fourth-order valence-corrected chi connectivity index (χ4v) is 3.59. The molecule has 8 heteroatoms. The van der Waals surface area contributed by atoms with Gasteiger partial charge in [0.15, 0.2) is 0 Å². The van der Waals surface area contributed by atoms with Crippen LogP contribution >= 0.6 is 11.6 Å². The molecule has 0 aliphatic carbocycles. The van der Waals surface area contributed by atoms with Crippen LogP contribution in [0.5, 0.6) is 5.75 Å². The molecule has 2 aromatic rings. The molecule has 0 heterocycles. The molecule has 6 nitrogen and oxygen atoms in total. The monoisotopic (exact) mass is 408 g/mol. The Balaban J connectivity index is 2.34. The Kier molecular flexibility index (Phi) is 6.64. The number of allylic oxidation sites excluding steroid dienone is 1. The molecule has 1 amide bonds. The van der Waals surface area contributed by atoms with Crippen LogP contribution in [0.4, 0.5) is 5.69 Å². The fraction of sp³-hybridized carbons (Fsp3) is 0.211. The quantitative estimate of drug-likeness (QED) is 0.740. The van der Waals surface area contributed by atoms with Crippen LogP contribution in [0, 0.1) is 0 Å². The van der Waals surface area contributed by atoms with E-state index in [0.717, 1.165) is 9.87 Å². The summed E-state index contributed by atoms with van der Waals surface area (Å²) in [5.74, 6) is -0.0741. The average molecular weight is 409 g/mol. The van der Waals surface area contributed by atoms with Gasteiger partial charge in [-0.1, -0.05) is 29.8 Å². The van der Waals surface area contributed by atoms with E-state index in [1.54, 1.807) is 19.1 Å². The van der Waals surface area contributed by atoms with Crippen LogP contribution in [0.15, 0.2) is 53.4 Å². The highest BCUT2D eigenvalue weighted by molar-refractivity contribution is 7.89. The predicted octanol–water partition coefficient (Wildman–Crippen LogP) is 3.64. The highest BCUT2D eigenvalue weighted by Gasteiger charge is 2.19. The number of carbonyl (C=O) groups excluding carboxylic acids is 1. The van der Waals surface area contributed by atoms with E-state index >= 15 is 0 Å². The standard InChI is InChI=1S/C19H21ClN2O4S/c1-13(15-7-5-6-8-16(15)20)11-19(23)21-17-12-14(9-10-18(17)26-4)27(24,25)22(2)3/h5-12H,1-4H3,(H,21,23). The summed E-state index contributed by atoms with van der Waals surface area (Å²) in [5, 5.41) is 3.20. The maximum Gasteiger partial charge on any atom is 0.248 e. The number of hydrogen-bond donors (Lipinski definition) is 1. The van der Waals surface area contributed by atoms with Gasteiger partial charge in [0.25, 0.3) is 0 Å². The van der Waals surface area contributed by atoms with Crippen LogP contribution in [0.1, 0.15) is 12.5 Å². The van der Waals surface area contributed by atoms with E-state index in [2.05, 4.69) is 5.32 Å². The lowest BCUT2D eigenvalue weighted by molar-refractivity contribution is -0.111. The van der Waals surface area contributed by atoms with E-state index in [-0.39, 0.29) is 10.6 Å². The lowest BCUT2D eigenvalue weighted by Crippen LogP contribution is -2.22. The Morgan fingerprint density at radius 2 is 1.85 bits per heavy atom. The Labute approximate surface area is 164 Å². The number of methoxy groups -OCH3 is 1. The van der Waals surface area contributed by atoms with E-state index in [4.69, 9.17) is 16.3 Å². The molecule has 2 rings (SSSR count). The number of sulfonamides is 1. The Hall–Kier alpha value is -2.35. The summed E-state index contributed by atoms with van der Waals surface area (Å²) in [6.07, 6.45) is 1.40. The summed E-state index contributed by atoms with van der Waals surface area (Å²) in [5.41, 5.74) is 1.67. The van der Waals surface area contributed by atoms with Crippen molar-refractivity contribution in [1.82, 2.24) is 4.31 Å². The second-order valence-corrected chi connectivity index (χ2v) is 8.50. The molecule has 144 valence electrons. The minimum atomic E-state index is -3.64. The van der Waals surface area contributed by atoms with Gasteiger partial charge >= 0.3 is 0 Å². The molecule has 1 N–H and O–H groups in total. The number of amides is 1. The molecule has 0 spiro atoms. The van der Waals surface area contributed by atoms with Crippen molar-refractivity contribution in [2.45, 2.75) is 11.8 Å². The number of nitrogens with one attached hydrogen (secondary N) is 1. The number of rotatable bonds is 6. The molecular formula is C19H21ClN2O4S. The first kappa shape index (κ1) is 21.0. The van der Waals surface area contributed by atoms with Gasteiger partial charge in [0.2, 0.25) is 15.9 Å². The van der Waals surface area contributed by atoms with Gasteiger partial charge in [-0.15, -0.1) is 0 Å². The fourth-order valence-electron chi connectivity index (χ4n) is 2.38. The van der Waals surface area contributed by atoms with Crippen molar-refractivity contribution in [2.75, 3.05) is 26.5 Å². The first-order valence-corrected chi connectivity index (χ1v) is 9.83. The lowest BCUT2D eigenvalue weighted by Gasteiger charge is -2.15. The minimum Gasteiger partial charge on any atom is -0.495 e. The SMILES string of the molecule is COc1ccc(S(=O)(=O)N(C)C)cc1NC(=O)C=C(C)c1ccccc1Cl. The van der Waals surface area contributed by atoms with E-state index in [1.807, 2.05) is 12.1 Å². The highest BCUT2D eigenvalue weighted by Crippen LogP contribution is 2.29. The van der Waals surface area contributed by atoms with Gasteiger partial charge in [-0.25, -0.2) is 12.7 Å². The molecule has 2 aromatic carbocycles. The molecule has 0 fully saturated rings. The van der Waals surface area contributed by atoms with E-state index < -0.39 is 15.9 Å². The molecular weight excluding hydrogens is 388 g/mol. The summed E-state index contributed by atoms with van der Waals surface area (Å²) in [7, 11) is 0.678. The smallest absolute Gasteiger partial charge is 0.248 e. The zero-order chi connectivity index (χ0) is 20.2. The van der Waals surface area contributed by atoms with Crippen LogP contribution in [0.2, 0.25) is 5.02 Å². The zero-order valence-corrected chi connectivity index (χ0v) is 17.1. The molecule has 0 bridgehead atoms. The number of anilines is 1. The van der Waals surface area contributed by atoms with Gasteiger partial charge in [-0.05, 0) is 42.3 Å². The molecule has 0 radical (unpaired) electrons. The van der Waals surface area contributed by atoms with E-state index in [0.29, 0.717) is 16.3 Å². The molecule has 0 atom stereocenters. The zero-order valence-electron chi connectivity index (χ0n) is 15.5. The predicted molar refractivity (Wildman–Crippen MR) is 108 cm³/mol. The summed E-state index contributed by atoms with van der Waals surface area (Å²) < 4.78 is 30.9. The van der Waals surface area contributed by atoms with Gasteiger partial charge in [-0.3, -0.25) is 4.79 Å². The largest absolute Gasteiger partial charge is 0.495 e. The lowest BCUT2D eigenvalue weighted by atomic mass is 10.1. The van der Waals surface area contributed by atoms with Crippen molar-refractivity contribution in [1.29, 1.82) is 0 Å². The molecule has 0 saturated heterocycles. The molecule has 0 unspecified atom stereocenters. The maximum atomic E-state index is 12.4. The summed E-state index contributed by atoms with van der Waals surface area (Å²) >= 11 is 6.15. The molecule has 0 aliphatic rings. The van der Waals surface area contributed by atoms with Crippen LogP contribution in [-0.2, 0) is 14.8 Å².